The maximum atomic E-state index is 13.3. The van der Waals surface area contributed by atoms with Crippen molar-refractivity contribution < 1.29 is 9.29 Å². The molecule has 0 spiro atoms. The molecule has 130 valence electrons. The van der Waals surface area contributed by atoms with Crippen molar-refractivity contribution in [1.29, 1.82) is 0 Å². The predicted octanol–water partition coefficient (Wildman–Crippen LogP) is 3.08. The topological polar surface area (TPSA) is 27.2 Å². The van der Waals surface area contributed by atoms with Crippen LogP contribution in [0.25, 0.3) is 11.4 Å². The van der Waals surface area contributed by atoms with Gasteiger partial charge >= 0.3 is 0 Å². The standard InChI is InChI=1S/C18H18ClFN4S/c1-22(11-13-6-5-7-14(20)10-13)12-24-18(25)23(2)17(21-24)15-8-3-4-9-16(15)19/h3-10H,11-12H2,1-2H3/p+1. The molecule has 1 unspecified atom stereocenters. The van der Waals surface area contributed by atoms with Gasteiger partial charge in [-0.15, -0.1) is 5.10 Å². The zero-order valence-corrected chi connectivity index (χ0v) is 15.6. The molecule has 3 rings (SSSR count). The zero-order valence-electron chi connectivity index (χ0n) is 14.0. The lowest BCUT2D eigenvalue weighted by Gasteiger charge is -2.13. The average molecular weight is 378 g/mol. The van der Waals surface area contributed by atoms with E-state index in [0.29, 0.717) is 23.0 Å². The van der Waals surface area contributed by atoms with Crippen molar-refractivity contribution in [3.8, 4) is 11.4 Å². The summed E-state index contributed by atoms with van der Waals surface area (Å²) in [5, 5.41) is 5.27. The average Bonchev–Trinajstić information content (AvgIpc) is 2.83. The van der Waals surface area contributed by atoms with E-state index in [1.54, 1.807) is 16.8 Å². The lowest BCUT2D eigenvalue weighted by Crippen LogP contribution is -3.07. The molecule has 4 nitrogen and oxygen atoms in total. The monoisotopic (exact) mass is 377 g/mol. The highest BCUT2D eigenvalue weighted by Gasteiger charge is 2.15. The maximum Gasteiger partial charge on any atom is 0.202 e. The van der Waals surface area contributed by atoms with Crippen LogP contribution in [0.4, 0.5) is 4.39 Å². The van der Waals surface area contributed by atoms with Crippen LogP contribution in [0.15, 0.2) is 48.5 Å². The van der Waals surface area contributed by atoms with Crippen LogP contribution in [0.2, 0.25) is 5.02 Å². The van der Waals surface area contributed by atoms with Crippen molar-refractivity contribution in [3.63, 3.8) is 0 Å². The van der Waals surface area contributed by atoms with E-state index in [-0.39, 0.29) is 5.82 Å². The van der Waals surface area contributed by atoms with E-state index in [2.05, 4.69) is 5.10 Å². The van der Waals surface area contributed by atoms with Crippen LogP contribution in [-0.4, -0.2) is 21.4 Å². The van der Waals surface area contributed by atoms with E-state index in [4.69, 9.17) is 23.8 Å². The summed E-state index contributed by atoms with van der Waals surface area (Å²) in [5.74, 6) is 0.509. The first-order chi connectivity index (χ1) is 12.0. The number of hydrogen-bond acceptors (Lipinski definition) is 2. The summed E-state index contributed by atoms with van der Waals surface area (Å²) in [7, 11) is 3.91. The molecule has 0 amide bonds. The van der Waals surface area contributed by atoms with Gasteiger partial charge in [0.25, 0.3) is 0 Å². The number of aromatic nitrogens is 3. The smallest absolute Gasteiger partial charge is 0.202 e. The molecule has 0 saturated carbocycles. The Kier molecular flexibility index (Phi) is 5.32. The van der Waals surface area contributed by atoms with E-state index >= 15 is 0 Å². The van der Waals surface area contributed by atoms with Gasteiger partial charge in [0.1, 0.15) is 12.4 Å². The summed E-state index contributed by atoms with van der Waals surface area (Å²) in [5.41, 5.74) is 1.78. The van der Waals surface area contributed by atoms with Crippen LogP contribution in [0.3, 0.4) is 0 Å². The van der Waals surface area contributed by atoms with E-state index < -0.39 is 0 Å². The lowest BCUT2D eigenvalue weighted by atomic mass is 10.2. The fraction of sp³-hybridized carbons (Fsp3) is 0.222. The maximum absolute atomic E-state index is 13.3. The number of rotatable bonds is 5. The number of nitrogens with one attached hydrogen (secondary N) is 1. The van der Waals surface area contributed by atoms with E-state index in [0.717, 1.165) is 21.9 Å². The van der Waals surface area contributed by atoms with Crippen LogP contribution in [0, 0.1) is 10.6 Å². The van der Waals surface area contributed by atoms with Gasteiger partial charge in [-0.3, -0.25) is 0 Å². The second-order valence-corrected chi connectivity index (χ2v) is 6.84. The van der Waals surface area contributed by atoms with Crippen LogP contribution < -0.4 is 4.90 Å². The Labute approximate surface area is 156 Å². The number of hydrogen-bond donors (Lipinski definition) is 1. The minimum atomic E-state index is -0.222. The Morgan fingerprint density at radius 3 is 2.68 bits per heavy atom. The van der Waals surface area contributed by atoms with Gasteiger partial charge in [-0.2, -0.15) is 4.68 Å². The molecule has 1 heterocycles. The minimum absolute atomic E-state index is 0.222. The number of halogens is 2. The van der Waals surface area contributed by atoms with Crippen molar-refractivity contribution in [2.45, 2.75) is 13.2 Å². The molecule has 0 aliphatic rings. The Bertz CT molecular complexity index is 950. The first-order valence-electron chi connectivity index (χ1n) is 7.90. The van der Waals surface area contributed by atoms with Gasteiger partial charge < -0.3 is 9.47 Å². The fourth-order valence-electron chi connectivity index (χ4n) is 2.77. The minimum Gasteiger partial charge on any atom is -0.315 e. The Balaban J connectivity index is 1.83. The number of nitrogens with zero attached hydrogens (tertiary/aromatic N) is 3. The molecular weight excluding hydrogens is 359 g/mol. The molecule has 2 aromatic carbocycles. The first-order valence-corrected chi connectivity index (χ1v) is 8.69. The third-order valence-electron chi connectivity index (χ3n) is 3.97. The normalized spacial score (nSPS) is 12.3. The molecule has 3 aromatic rings. The van der Waals surface area contributed by atoms with Gasteiger partial charge in [-0.25, -0.2) is 4.39 Å². The first kappa shape index (κ1) is 17.8. The molecule has 0 saturated heterocycles. The van der Waals surface area contributed by atoms with E-state index in [1.807, 2.05) is 49.0 Å². The quantitative estimate of drug-likeness (QED) is 0.692. The van der Waals surface area contributed by atoms with Crippen LogP contribution in [0.5, 0.6) is 0 Å². The zero-order chi connectivity index (χ0) is 18.0. The van der Waals surface area contributed by atoms with Gasteiger partial charge in [-0.05, 0) is 36.5 Å². The Morgan fingerprint density at radius 2 is 1.96 bits per heavy atom. The molecule has 25 heavy (non-hydrogen) atoms. The van der Waals surface area contributed by atoms with Crippen LogP contribution >= 0.6 is 23.8 Å². The number of quaternary nitrogens is 1. The summed E-state index contributed by atoms with van der Waals surface area (Å²) in [6, 6.07) is 14.2. The largest absolute Gasteiger partial charge is 0.315 e. The van der Waals surface area contributed by atoms with Crippen molar-refractivity contribution in [1.82, 2.24) is 14.3 Å². The van der Waals surface area contributed by atoms with E-state index in [1.165, 1.54) is 6.07 Å². The Hall–Kier alpha value is -2.02. The third kappa shape index (κ3) is 3.98. The summed E-state index contributed by atoms with van der Waals surface area (Å²) < 4.78 is 17.6. The van der Waals surface area contributed by atoms with Crippen molar-refractivity contribution in [3.05, 3.63) is 69.7 Å². The van der Waals surface area contributed by atoms with Crippen LogP contribution in [-0.2, 0) is 20.3 Å². The predicted molar refractivity (Wildman–Crippen MR) is 99.5 cm³/mol. The highest BCUT2D eigenvalue weighted by atomic mass is 35.5. The molecule has 0 radical (unpaired) electrons. The second-order valence-electron chi connectivity index (χ2n) is 6.07. The Morgan fingerprint density at radius 1 is 1.20 bits per heavy atom. The fourth-order valence-corrected chi connectivity index (χ4v) is 3.19. The molecule has 7 heteroatoms. The molecule has 1 N–H and O–H groups in total. The van der Waals surface area contributed by atoms with Crippen molar-refractivity contribution in [2.24, 2.45) is 7.05 Å². The molecule has 1 aromatic heterocycles. The van der Waals surface area contributed by atoms with Gasteiger partial charge in [0.05, 0.1) is 12.1 Å². The number of benzene rings is 2. The summed E-state index contributed by atoms with van der Waals surface area (Å²) >= 11 is 11.8. The van der Waals surface area contributed by atoms with Gasteiger partial charge in [0, 0.05) is 18.2 Å². The highest BCUT2D eigenvalue weighted by molar-refractivity contribution is 7.71. The highest BCUT2D eigenvalue weighted by Crippen LogP contribution is 2.25. The molecular formula is C18H19ClFN4S+. The SMILES string of the molecule is Cn1c(-c2ccccc2Cl)nn(C[NH+](C)Cc2cccc(F)c2)c1=S. The molecule has 0 fully saturated rings. The molecule has 0 aliphatic carbocycles. The summed E-state index contributed by atoms with van der Waals surface area (Å²) in [6.45, 7) is 1.26. The summed E-state index contributed by atoms with van der Waals surface area (Å²) in [6.07, 6.45) is 0. The third-order valence-corrected chi connectivity index (χ3v) is 4.78. The van der Waals surface area contributed by atoms with Gasteiger partial charge in [0.15, 0.2) is 12.5 Å². The van der Waals surface area contributed by atoms with Crippen molar-refractivity contribution >= 4 is 23.8 Å². The lowest BCUT2D eigenvalue weighted by molar-refractivity contribution is -0.917. The van der Waals surface area contributed by atoms with E-state index in [9.17, 15) is 4.39 Å². The van der Waals surface area contributed by atoms with Gasteiger partial charge in [0.2, 0.25) is 4.77 Å². The van der Waals surface area contributed by atoms with Crippen LogP contribution in [0.1, 0.15) is 5.56 Å². The summed E-state index contributed by atoms with van der Waals surface area (Å²) in [4.78, 5) is 1.14. The van der Waals surface area contributed by atoms with Crippen molar-refractivity contribution in [2.75, 3.05) is 7.05 Å². The molecule has 0 bridgehead atoms. The second kappa shape index (κ2) is 7.47. The molecule has 0 aliphatic heterocycles. The van der Waals surface area contributed by atoms with Gasteiger partial charge in [-0.1, -0.05) is 35.9 Å². The molecule has 1 atom stereocenters.